The molecular formula is C22H39NO2. The van der Waals surface area contributed by atoms with Crippen LogP contribution in [0.3, 0.4) is 0 Å². The van der Waals surface area contributed by atoms with E-state index in [2.05, 4.69) is 52.0 Å². The number of hydrogen-bond donors (Lipinski definition) is 0. The maximum absolute atomic E-state index is 8.79. The van der Waals surface area contributed by atoms with E-state index in [-0.39, 0.29) is 6.29 Å². The summed E-state index contributed by atoms with van der Waals surface area (Å²) in [5.74, 6) is 0.652. The molecule has 0 aliphatic heterocycles. The fraction of sp³-hybridized carbons (Fsp3) is 0.773. The number of hydrogen-bond acceptors (Lipinski definition) is 3. The smallest absolute Gasteiger partial charge is 0.158 e. The molecule has 25 heavy (non-hydrogen) atoms. The Kier molecular flexibility index (Phi) is 16.9. The van der Waals surface area contributed by atoms with Crippen LogP contribution in [-0.4, -0.2) is 19.5 Å². The molecule has 0 saturated heterocycles. The van der Waals surface area contributed by atoms with Crippen molar-refractivity contribution in [3.8, 4) is 6.07 Å². The van der Waals surface area contributed by atoms with Crippen LogP contribution in [-0.2, 0) is 9.47 Å². The minimum atomic E-state index is -0.222. The summed E-state index contributed by atoms with van der Waals surface area (Å²) in [6, 6.07) is 2.19. The summed E-state index contributed by atoms with van der Waals surface area (Å²) in [6.07, 6.45) is 15.5. The molecule has 0 aromatic heterocycles. The lowest BCUT2D eigenvalue weighted by Crippen LogP contribution is -2.19. The van der Waals surface area contributed by atoms with E-state index in [4.69, 9.17) is 14.7 Å². The van der Waals surface area contributed by atoms with Crippen LogP contribution in [0.25, 0.3) is 0 Å². The van der Waals surface area contributed by atoms with E-state index in [1.807, 2.05) is 0 Å². The van der Waals surface area contributed by atoms with Crippen LogP contribution in [0.15, 0.2) is 23.8 Å². The molecule has 0 aliphatic carbocycles. The van der Waals surface area contributed by atoms with Gasteiger partial charge >= 0.3 is 0 Å². The predicted octanol–water partition coefficient (Wildman–Crippen LogP) is 6.56. The highest BCUT2D eigenvalue weighted by Gasteiger charge is 2.10. The molecule has 2 unspecified atom stereocenters. The third-order valence-corrected chi connectivity index (χ3v) is 4.17. The van der Waals surface area contributed by atoms with Crippen molar-refractivity contribution in [2.45, 2.75) is 91.8 Å². The Balaban J connectivity index is 3.86. The maximum Gasteiger partial charge on any atom is 0.158 e. The summed E-state index contributed by atoms with van der Waals surface area (Å²) in [6.45, 7) is 10.1. The maximum atomic E-state index is 8.79. The van der Waals surface area contributed by atoms with Gasteiger partial charge in [0.1, 0.15) is 0 Å². The quantitative estimate of drug-likeness (QED) is 0.180. The van der Waals surface area contributed by atoms with Crippen molar-refractivity contribution in [2.24, 2.45) is 5.92 Å². The summed E-state index contributed by atoms with van der Waals surface area (Å²) in [5.41, 5.74) is 1.39. The topological polar surface area (TPSA) is 42.2 Å². The van der Waals surface area contributed by atoms with E-state index >= 15 is 0 Å². The molecule has 0 aromatic carbocycles. The highest BCUT2D eigenvalue weighted by Crippen LogP contribution is 2.14. The molecule has 2 atom stereocenters. The molecule has 0 spiro atoms. The summed E-state index contributed by atoms with van der Waals surface area (Å²) < 4.78 is 11.7. The fourth-order valence-corrected chi connectivity index (χ4v) is 2.52. The molecule has 3 nitrogen and oxygen atoms in total. The van der Waals surface area contributed by atoms with Gasteiger partial charge in [-0.1, -0.05) is 37.1 Å². The van der Waals surface area contributed by atoms with Crippen molar-refractivity contribution < 1.29 is 9.47 Å². The van der Waals surface area contributed by atoms with Gasteiger partial charge < -0.3 is 9.47 Å². The van der Waals surface area contributed by atoms with Gasteiger partial charge in [0.15, 0.2) is 6.29 Å². The van der Waals surface area contributed by atoms with Crippen molar-refractivity contribution in [1.29, 1.82) is 5.26 Å². The molecule has 0 aromatic rings. The van der Waals surface area contributed by atoms with Crippen LogP contribution >= 0.6 is 0 Å². The van der Waals surface area contributed by atoms with Gasteiger partial charge in [-0.15, -0.1) is 0 Å². The Morgan fingerprint density at radius 3 is 2.44 bits per heavy atom. The second-order valence-electron chi connectivity index (χ2n) is 7.04. The molecule has 3 heteroatoms. The molecule has 144 valence electrons. The summed E-state index contributed by atoms with van der Waals surface area (Å²) in [7, 11) is 0. The van der Waals surface area contributed by atoms with Crippen molar-refractivity contribution >= 4 is 0 Å². The molecule has 0 N–H and O–H groups in total. The molecule has 0 amide bonds. The van der Waals surface area contributed by atoms with Gasteiger partial charge in [-0.05, 0) is 65.2 Å². The summed E-state index contributed by atoms with van der Waals surface area (Å²) in [4.78, 5) is 0. The molecule has 0 saturated carbocycles. The number of allylic oxidation sites excluding steroid dienone is 4. The Bertz CT molecular complexity index is 391. The standard InChI is InChI=1S/C22H39NO2/c1-5-6-7-8-9-10-18-24-22(15-12-17-23)25-19-16-21(4)14-11-13-20(2)3/h5-6,13,21-22H,7-12,14-16,18-19H2,1-4H3/b6-5+. The van der Waals surface area contributed by atoms with Crippen LogP contribution in [0, 0.1) is 17.2 Å². The zero-order valence-corrected chi connectivity index (χ0v) is 16.9. The van der Waals surface area contributed by atoms with E-state index in [1.165, 1.54) is 24.8 Å². The predicted molar refractivity (Wildman–Crippen MR) is 106 cm³/mol. The van der Waals surface area contributed by atoms with E-state index in [0.717, 1.165) is 32.3 Å². The number of nitrogens with zero attached hydrogens (tertiary/aromatic N) is 1. The van der Waals surface area contributed by atoms with Crippen LogP contribution in [0.5, 0.6) is 0 Å². The first-order chi connectivity index (χ1) is 12.1. The van der Waals surface area contributed by atoms with Gasteiger partial charge in [0.2, 0.25) is 0 Å². The Morgan fingerprint density at radius 1 is 1.00 bits per heavy atom. The first-order valence-electron chi connectivity index (χ1n) is 9.94. The average molecular weight is 350 g/mol. The van der Waals surface area contributed by atoms with Crippen molar-refractivity contribution in [3.05, 3.63) is 23.8 Å². The van der Waals surface area contributed by atoms with Gasteiger partial charge in [-0.2, -0.15) is 5.26 Å². The number of ether oxygens (including phenoxy) is 2. The van der Waals surface area contributed by atoms with E-state index in [0.29, 0.717) is 25.4 Å². The summed E-state index contributed by atoms with van der Waals surface area (Å²) >= 11 is 0. The third-order valence-electron chi connectivity index (χ3n) is 4.17. The zero-order valence-electron chi connectivity index (χ0n) is 16.9. The lowest BCUT2D eigenvalue weighted by atomic mass is 10.0. The summed E-state index contributed by atoms with van der Waals surface area (Å²) in [5, 5.41) is 8.79. The normalized spacial score (nSPS) is 13.6. The van der Waals surface area contributed by atoms with Crippen LogP contribution in [0.2, 0.25) is 0 Å². The van der Waals surface area contributed by atoms with Gasteiger partial charge in [-0.25, -0.2) is 0 Å². The SMILES string of the molecule is C/C=C/CCCCCOC(CCC#N)OCCC(C)CCC=C(C)C. The second kappa shape index (κ2) is 17.7. The van der Waals surface area contributed by atoms with E-state index in [9.17, 15) is 0 Å². The minimum absolute atomic E-state index is 0.222. The van der Waals surface area contributed by atoms with Crippen LogP contribution in [0.4, 0.5) is 0 Å². The van der Waals surface area contributed by atoms with Gasteiger partial charge in [-0.3, -0.25) is 0 Å². The number of rotatable bonds is 16. The molecule has 0 fully saturated rings. The molecule has 0 rings (SSSR count). The first kappa shape index (κ1) is 23.9. The van der Waals surface area contributed by atoms with E-state index < -0.39 is 0 Å². The van der Waals surface area contributed by atoms with Crippen LogP contribution in [0.1, 0.15) is 85.5 Å². The third kappa shape index (κ3) is 17.5. The Morgan fingerprint density at radius 2 is 1.76 bits per heavy atom. The largest absolute Gasteiger partial charge is 0.353 e. The Hall–Kier alpha value is -1.11. The highest BCUT2D eigenvalue weighted by molar-refractivity contribution is 4.92. The number of nitriles is 1. The average Bonchev–Trinajstić information content (AvgIpc) is 2.57. The lowest BCUT2D eigenvalue weighted by Gasteiger charge is -2.19. The Labute approximate surface area is 156 Å². The first-order valence-corrected chi connectivity index (χ1v) is 9.94. The van der Waals surface area contributed by atoms with Gasteiger partial charge in [0.05, 0.1) is 6.07 Å². The van der Waals surface area contributed by atoms with Crippen molar-refractivity contribution in [2.75, 3.05) is 13.2 Å². The van der Waals surface area contributed by atoms with Gasteiger partial charge in [0.25, 0.3) is 0 Å². The highest BCUT2D eigenvalue weighted by atomic mass is 16.7. The van der Waals surface area contributed by atoms with Gasteiger partial charge in [0, 0.05) is 26.1 Å². The second-order valence-corrected chi connectivity index (χ2v) is 7.04. The molecule has 0 heterocycles. The minimum Gasteiger partial charge on any atom is -0.353 e. The fourth-order valence-electron chi connectivity index (χ4n) is 2.52. The molecular weight excluding hydrogens is 310 g/mol. The lowest BCUT2D eigenvalue weighted by molar-refractivity contribution is -0.147. The zero-order chi connectivity index (χ0) is 18.8. The van der Waals surface area contributed by atoms with Crippen molar-refractivity contribution in [3.63, 3.8) is 0 Å². The van der Waals surface area contributed by atoms with Crippen LogP contribution < -0.4 is 0 Å². The molecule has 0 radical (unpaired) electrons. The number of unbranched alkanes of at least 4 members (excludes halogenated alkanes) is 3. The molecule has 0 bridgehead atoms. The molecule has 0 aliphatic rings. The van der Waals surface area contributed by atoms with E-state index in [1.54, 1.807) is 0 Å². The monoisotopic (exact) mass is 349 g/mol. The van der Waals surface area contributed by atoms with Crippen molar-refractivity contribution in [1.82, 2.24) is 0 Å².